The number of para-hydroxylation sites is 1. The van der Waals surface area contributed by atoms with E-state index < -0.39 is 5.97 Å². The normalized spacial score (nSPS) is 7.67. The van der Waals surface area contributed by atoms with E-state index >= 15 is 0 Å². The summed E-state index contributed by atoms with van der Waals surface area (Å²) < 4.78 is 0. The largest absolute Gasteiger partial charge is 1.00 e. The van der Waals surface area contributed by atoms with Crippen molar-refractivity contribution in [1.29, 1.82) is 0 Å². The van der Waals surface area contributed by atoms with Crippen molar-refractivity contribution in [3.05, 3.63) is 29.8 Å². The molecule has 0 spiro atoms. The zero-order valence-corrected chi connectivity index (χ0v) is 9.76. The van der Waals surface area contributed by atoms with Crippen LogP contribution >= 0.6 is 0 Å². The number of hydrogen-bond acceptors (Lipinski definition) is 3. The van der Waals surface area contributed by atoms with Crippen LogP contribution in [0.2, 0.25) is 0 Å². The maximum atomic E-state index is 10.2. The Bertz CT molecular complexity index is 265. The molecule has 0 radical (unpaired) electrons. The predicted molar refractivity (Wildman–Crippen MR) is 32.4 cm³/mol. The molecule has 1 rings (SSSR count). The first-order valence-corrected chi connectivity index (χ1v) is 2.71. The van der Waals surface area contributed by atoms with Gasteiger partial charge in [0.15, 0.2) is 0 Å². The van der Waals surface area contributed by atoms with Crippen molar-refractivity contribution in [2.75, 3.05) is 0 Å². The monoisotopic (exact) mass is 212 g/mol. The first-order valence-electron chi connectivity index (χ1n) is 2.71. The van der Waals surface area contributed by atoms with Gasteiger partial charge in [0.1, 0.15) is 5.75 Å². The summed E-state index contributed by atoms with van der Waals surface area (Å²) in [6.45, 7) is 0. The summed E-state index contributed by atoms with van der Waals surface area (Å²) in [6.07, 6.45) is 0. The molecule has 0 amide bonds. The summed E-state index contributed by atoms with van der Waals surface area (Å²) in [7, 11) is 0. The van der Waals surface area contributed by atoms with Crippen LogP contribution in [0.1, 0.15) is 10.4 Å². The number of carbonyl (C=O) groups is 1. The third-order valence-electron chi connectivity index (χ3n) is 1.12. The molecule has 0 aliphatic heterocycles. The molecule has 0 bridgehead atoms. The fourth-order valence-electron chi connectivity index (χ4n) is 0.646. The number of carboxylic acids is 1. The van der Waals surface area contributed by atoms with Crippen LogP contribution in [0.5, 0.6) is 5.75 Å². The predicted octanol–water partition coefficient (Wildman–Crippen LogP) is -3.24. The van der Waals surface area contributed by atoms with E-state index in [2.05, 4.69) is 0 Å². The van der Waals surface area contributed by atoms with Crippen LogP contribution in [0.3, 0.4) is 0 Å². The Morgan fingerprint density at radius 2 is 1.83 bits per heavy atom. The third kappa shape index (κ3) is 3.62. The van der Waals surface area contributed by atoms with E-state index in [-0.39, 0.29) is 58.2 Å². The van der Waals surface area contributed by atoms with E-state index in [4.69, 9.17) is 5.11 Å². The topological polar surface area (TPSA) is 60.4 Å². The number of aromatic carboxylic acids is 1. The van der Waals surface area contributed by atoms with Gasteiger partial charge in [0.2, 0.25) is 0 Å². The van der Waals surface area contributed by atoms with E-state index in [0.29, 0.717) is 0 Å². The van der Waals surface area contributed by atoms with Crippen molar-refractivity contribution in [1.82, 2.24) is 0 Å². The van der Waals surface area contributed by atoms with Gasteiger partial charge in [0.05, 0.1) is 5.97 Å². The van der Waals surface area contributed by atoms with Gasteiger partial charge in [-0.05, 0) is 12.1 Å². The molecule has 0 saturated carbocycles. The standard InChI is InChI=1S/C7H6O3.Cr.Na/c8-6-4-2-1-3-5(6)7(9)10;;/h1-4,8H,(H,9,10);;/q;;+1/p-1. The molecule has 0 aliphatic carbocycles. The van der Waals surface area contributed by atoms with Gasteiger partial charge in [0.25, 0.3) is 0 Å². The molecule has 1 aromatic carbocycles. The smallest absolute Gasteiger partial charge is 0.545 e. The molecule has 0 fully saturated rings. The van der Waals surface area contributed by atoms with Gasteiger partial charge in [0, 0.05) is 22.9 Å². The molecule has 0 aliphatic rings. The van der Waals surface area contributed by atoms with Crippen LogP contribution in [0.25, 0.3) is 0 Å². The second kappa shape index (κ2) is 6.53. The summed E-state index contributed by atoms with van der Waals surface area (Å²) >= 11 is 0. The van der Waals surface area contributed by atoms with Crippen LogP contribution in [0.15, 0.2) is 24.3 Å². The Kier molecular flexibility index (Phi) is 7.91. The van der Waals surface area contributed by atoms with Crippen LogP contribution in [0, 0.1) is 0 Å². The van der Waals surface area contributed by atoms with Crippen molar-refractivity contribution in [3.63, 3.8) is 0 Å². The minimum atomic E-state index is -1.36. The summed E-state index contributed by atoms with van der Waals surface area (Å²) in [5.41, 5.74) is -0.178. The SMILES string of the molecule is O=C([O-])c1ccccc1O.[Cr].[Na+]. The van der Waals surface area contributed by atoms with E-state index in [1.807, 2.05) is 0 Å². The van der Waals surface area contributed by atoms with Gasteiger partial charge >= 0.3 is 29.6 Å². The van der Waals surface area contributed by atoms with Gasteiger partial charge < -0.3 is 15.0 Å². The number of carboxylic acid groups (broad SMARTS) is 1. The van der Waals surface area contributed by atoms with Crippen molar-refractivity contribution in [2.45, 2.75) is 0 Å². The minimum absolute atomic E-state index is 0. The Morgan fingerprint density at radius 3 is 2.17 bits per heavy atom. The molecule has 3 nitrogen and oxygen atoms in total. The van der Waals surface area contributed by atoms with Crippen LogP contribution in [0.4, 0.5) is 0 Å². The summed E-state index contributed by atoms with van der Waals surface area (Å²) in [6, 6.07) is 5.64. The molecular weight excluding hydrogens is 207 g/mol. The minimum Gasteiger partial charge on any atom is -0.545 e. The van der Waals surface area contributed by atoms with Gasteiger partial charge in [-0.1, -0.05) is 12.1 Å². The Morgan fingerprint density at radius 1 is 1.33 bits per heavy atom. The fraction of sp³-hybridized carbons (Fsp3) is 0. The molecule has 0 aromatic heterocycles. The number of hydrogen-bond donors (Lipinski definition) is 1. The molecule has 5 heteroatoms. The van der Waals surface area contributed by atoms with Crippen molar-refractivity contribution in [3.8, 4) is 5.75 Å². The third-order valence-corrected chi connectivity index (χ3v) is 1.12. The average molecular weight is 212 g/mol. The second-order valence-corrected chi connectivity index (χ2v) is 1.80. The van der Waals surface area contributed by atoms with Crippen LogP contribution in [-0.2, 0) is 17.4 Å². The van der Waals surface area contributed by atoms with Gasteiger partial charge in [-0.2, -0.15) is 0 Å². The molecule has 58 valence electrons. The molecule has 0 unspecified atom stereocenters. The summed E-state index contributed by atoms with van der Waals surface area (Å²) in [5, 5.41) is 19.0. The maximum absolute atomic E-state index is 10.2. The summed E-state index contributed by atoms with van der Waals surface area (Å²) in [4.78, 5) is 10.2. The number of phenols is 1. The molecule has 0 atom stereocenters. The number of carbonyl (C=O) groups excluding carboxylic acids is 1. The van der Waals surface area contributed by atoms with Crippen molar-refractivity contribution < 1.29 is 61.9 Å². The number of benzene rings is 1. The molecular formula is C7H5CrNaO3. The zero-order valence-electron chi connectivity index (χ0n) is 6.48. The fourth-order valence-corrected chi connectivity index (χ4v) is 0.646. The van der Waals surface area contributed by atoms with E-state index in [1.165, 1.54) is 18.2 Å². The van der Waals surface area contributed by atoms with Crippen LogP contribution in [-0.4, -0.2) is 11.1 Å². The molecule has 12 heavy (non-hydrogen) atoms. The van der Waals surface area contributed by atoms with Crippen LogP contribution < -0.4 is 34.7 Å². The Labute approximate surface area is 103 Å². The Hall–Kier alpha value is 0.0225. The van der Waals surface area contributed by atoms with Gasteiger partial charge in [-0.25, -0.2) is 0 Å². The van der Waals surface area contributed by atoms with Gasteiger partial charge in [-0.3, -0.25) is 0 Å². The number of aromatic hydroxyl groups is 1. The first kappa shape index (κ1) is 14.5. The number of rotatable bonds is 1. The molecule has 0 saturated heterocycles. The van der Waals surface area contributed by atoms with Gasteiger partial charge in [-0.15, -0.1) is 0 Å². The molecule has 0 heterocycles. The molecule has 1 aromatic rings. The van der Waals surface area contributed by atoms with E-state index in [1.54, 1.807) is 6.07 Å². The quantitative estimate of drug-likeness (QED) is 0.497. The van der Waals surface area contributed by atoms with Crippen molar-refractivity contribution >= 4 is 5.97 Å². The summed E-state index contributed by atoms with van der Waals surface area (Å²) in [5.74, 6) is -1.62. The van der Waals surface area contributed by atoms with Crippen molar-refractivity contribution in [2.24, 2.45) is 0 Å². The maximum Gasteiger partial charge on any atom is 1.00 e. The van der Waals surface area contributed by atoms with E-state index in [0.717, 1.165) is 0 Å². The second-order valence-electron chi connectivity index (χ2n) is 1.80. The van der Waals surface area contributed by atoms with E-state index in [9.17, 15) is 9.90 Å². The first-order chi connectivity index (χ1) is 4.72. The zero-order chi connectivity index (χ0) is 7.56. The Balaban J connectivity index is 0. The average Bonchev–Trinajstić information content (AvgIpc) is 1.88. The molecule has 1 N–H and O–H groups in total.